The summed E-state index contributed by atoms with van der Waals surface area (Å²) in [5.41, 5.74) is 4.02. The average Bonchev–Trinajstić information content (AvgIpc) is 3.26. The first kappa shape index (κ1) is 17.0. The summed E-state index contributed by atoms with van der Waals surface area (Å²) in [4.78, 5) is 18.7. The van der Waals surface area contributed by atoms with Crippen LogP contribution < -0.4 is 0 Å². The highest BCUT2D eigenvalue weighted by Gasteiger charge is 2.22. The summed E-state index contributed by atoms with van der Waals surface area (Å²) in [6.45, 7) is 4.18. The lowest BCUT2D eigenvalue weighted by Crippen LogP contribution is -2.26. The van der Waals surface area contributed by atoms with Crippen molar-refractivity contribution in [3.63, 3.8) is 0 Å². The van der Waals surface area contributed by atoms with Crippen LogP contribution in [0.25, 0.3) is 22.4 Å². The zero-order chi connectivity index (χ0) is 19.0. The van der Waals surface area contributed by atoms with Gasteiger partial charge >= 0.3 is 0 Å². The van der Waals surface area contributed by atoms with Gasteiger partial charge in [-0.05, 0) is 37.6 Å². The molecule has 27 heavy (non-hydrogen) atoms. The van der Waals surface area contributed by atoms with Gasteiger partial charge in [-0.15, -0.1) is 0 Å². The smallest absolute Gasteiger partial charge is 0.290 e. The number of carbonyl (C=O) groups is 1. The number of rotatable bonds is 4. The van der Waals surface area contributed by atoms with Gasteiger partial charge in [0.15, 0.2) is 11.5 Å². The van der Waals surface area contributed by atoms with Crippen LogP contribution in [-0.2, 0) is 6.54 Å². The number of aryl methyl sites for hydroxylation is 2. The van der Waals surface area contributed by atoms with Crippen LogP contribution in [0.15, 0.2) is 57.6 Å². The molecular formula is C21H19N3O3. The standard InChI is InChI=1S/C21H19N3O3/c1-13-7-8-16-14(2)20(26-19(16)10-13)21(25)24(3)12-15-11-18(23-27-15)17-6-4-5-9-22-17/h4-11H,12H2,1-3H3. The van der Waals surface area contributed by atoms with Gasteiger partial charge in [-0.2, -0.15) is 0 Å². The van der Waals surface area contributed by atoms with E-state index in [9.17, 15) is 4.79 Å². The molecule has 0 saturated heterocycles. The zero-order valence-electron chi connectivity index (χ0n) is 15.4. The number of benzene rings is 1. The van der Waals surface area contributed by atoms with E-state index in [2.05, 4.69) is 10.1 Å². The fourth-order valence-electron chi connectivity index (χ4n) is 3.04. The first-order chi connectivity index (χ1) is 13.0. The van der Waals surface area contributed by atoms with E-state index < -0.39 is 0 Å². The quantitative estimate of drug-likeness (QED) is 0.540. The van der Waals surface area contributed by atoms with Gasteiger partial charge in [0.05, 0.1) is 12.2 Å². The first-order valence-electron chi connectivity index (χ1n) is 8.65. The van der Waals surface area contributed by atoms with Crippen molar-refractivity contribution in [1.29, 1.82) is 0 Å². The molecule has 6 heteroatoms. The second kappa shape index (κ2) is 6.72. The molecule has 0 spiro atoms. The van der Waals surface area contributed by atoms with Gasteiger partial charge in [0.1, 0.15) is 11.3 Å². The lowest BCUT2D eigenvalue weighted by atomic mass is 10.1. The van der Waals surface area contributed by atoms with Crippen molar-refractivity contribution >= 4 is 16.9 Å². The molecule has 1 aromatic carbocycles. The highest BCUT2D eigenvalue weighted by atomic mass is 16.5. The maximum Gasteiger partial charge on any atom is 0.290 e. The van der Waals surface area contributed by atoms with Gasteiger partial charge in [-0.25, -0.2) is 0 Å². The summed E-state index contributed by atoms with van der Waals surface area (Å²) in [7, 11) is 1.71. The fourth-order valence-corrected chi connectivity index (χ4v) is 3.04. The van der Waals surface area contributed by atoms with Gasteiger partial charge in [-0.3, -0.25) is 9.78 Å². The SMILES string of the molecule is Cc1ccc2c(C)c(C(=O)N(C)Cc3cc(-c4ccccn4)no3)oc2c1. The van der Waals surface area contributed by atoms with E-state index in [1.165, 1.54) is 0 Å². The normalized spacial score (nSPS) is 11.1. The molecule has 0 fully saturated rings. The first-order valence-corrected chi connectivity index (χ1v) is 8.65. The topological polar surface area (TPSA) is 72.4 Å². The highest BCUT2D eigenvalue weighted by Crippen LogP contribution is 2.27. The Morgan fingerprint density at radius 2 is 1.96 bits per heavy atom. The summed E-state index contributed by atoms with van der Waals surface area (Å²) in [6, 6.07) is 13.3. The van der Waals surface area contributed by atoms with Crippen molar-refractivity contribution in [2.24, 2.45) is 0 Å². The summed E-state index contributed by atoms with van der Waals surface area (Å²) < 4.78 is 11.2. The maximum atomic E-state index is 12.9. The van der Waals surface area contributed by atoms with E-state index >= 15 is 0 Å². The predicted molar refractivity (Wildman–Crippen MR) is 101 cm³/mol. The minimum atomic E-state index is -0.197. The Bertz CT molecular complexity index is 1110. The number of furan rings is 1. The van der Waals surface area contributed by atoms with Crippen molar-refractivity contribution in [1.82, 2.24) is 15.0 Å². The second-order valence-corrected chi connectivity index (χ2v) is 6.61. The Hall–Kier alpha value is -3.41. The third kappa shape index (κ3) is 3.21. The van der Waals surface area contributed by atoms with E-state index in [4.69, 9.17) is 8.94 Å². The van der Waals surface area contributed by atoms with E-state index in [1.807, 2.05) is 50.2 Å². The molecule has 1 amide bonds. The number of hydrogen-bond donors (Lipinski definition) is 0. The Labute approximate surface area is 156 Å². The monoisotopic (exact) mass is 361 g/mol. The lowest BCUT2D eigenvalue weighted by molar-refractivity contribution is 0.0742. The molecule has 0 N–H and O–H groups in total. The third-order valence-corrected chi connectivity index (χ3v) is 4.51. The molecule has 0 aliphatic rings. The molecule has 0 unspecified atom stereocenters. The molecule has 0 radical (unpaired) electrons. The number of amides is 1. The van der Waals surface area contributed by atoms with Crippen LogP contribution >= 0.6 is 0 Å². The van der Waals surface area contributed by atoms with Crippen LogP contribution in [0.2, 0.25) is 0 Å². The molecule has 0 aliphatic heterocycles. The molecule has 136 valence electrons. The molecule has 4 rings (SSSR count). The fraction of sp³-hybridized carbons (Fsp3) is 0.190. The van der Waals surface area contributed by atoms with Gasteiger partial charge in [0, 0.05) is 30.3 Å². The van der Waals surface area contributed by atoms with Crippen LogP contribution in [0.5, 0.6) is 0 Å². The summed E-state index contributed by atoms with van der Waals surface area (Å²) in [6.07, 6.45) is 1.70. The van der Waals surface area contributed by atoms with Gasteiger partial charge < -0.3 is 13.8 Å². The largest absolute Gasteiger partial charge is 0.451 e. The van der Waals surface area contributed by atoms with E-state index in [-0.39, 0.29) is 12.5 Å². The number of carbonyl (C=O) groups excluding carboxylic acids is 1. The molecule has 4 aromatic rings. The maximum absolute atomic E-state index is 12.9. The zero-order valence-corrected chi connectivity index (χ0v) is 15.4. The van der Waals surface area contributed by atoms with Crippen molar-refractivity contribution in [3.8, 4) is 11.4 Å². The third-order valence-electron chi connectivity index (χ3n) is 4.51. The summed E-state index contributed by atoms with van der Waals surface area (Å²) in [5, 5.41) is 4.99. The molecule has 3 heterocycles. The number of fused-ring (bicyclic) bond motifs is 1. The van der Waals surface area contributed by atoms with Crippen LogP contribution in [0.1, 0.15) is 27.4 Å². The van der Waals surface area contributed by atoms with Gasteiger partial charge in [0.25, 0.3) is 5.91 Å². The van der Waals surface area contributed by atoms with E-state index in [0.29, 0.717) is 17.2 Å². The average molecular weight is 361 g/mol. The molecule has 0 aliphatic carbocycles. The number of nitrogens with zero attached hydrogens (tertiary/aromatic N) is 3. The molecule has 6 nitrogen and oxygen atoms in total. The molecular weight excluding hydrogens is 342 g/mol. The second-order valence-electron chi connectivity index (χ2n) is 6.61. The number of aromatic nitrogens is 2. The van der Waals surface area contributed by atoms with Crippen molar-refractivity contribution in [2.75, 3.05) is 7.05 Å². The Kier molecular flexibility index (Phi) is 4.24. The van der Waals surface area contributed by atoms with Crippen LogP contribution in [0.4, 0.5) is 0 Å². The lowest BCUT2D eigenvalue weighted by Gasteiger charge is -2.13. The molecule has 0 atom stereocenters. The Morgan fingerprint density at radius 1 is 1.11 bits per heavy atom. The van der Waals surface area contributed by atoms with E-state index in [1.54, 1.807) is 24.2 Å². The molecule has 3 aromatic heterocycles. The highest BCUT2D eigenvalue weighted by molar-refractivity contribution is 5.98. The van der Waals surface area contributed by atoms with Crippen LogP contribution in [0, 0.1) is 13.8 Å². The minimum Gasteiger partial charge on any atom is -0.451 e. The van der Waals surface area contributed by atoms with Crippen LogP contribution in [-0.4, -0.2) is 28.0 Å². The molecule has 0 saturated carbocycles. The number of pyridine rings is 1. The van der Waals surface area contributed by atoms with Crippen molar-refractivity contribution in [3.05, 3.63) is 71.3 Å². The van der Waals surface area contributed by atoms with Gasteiger partial charge in [-0.1, -0.05) is 23.4 Å². The summed E-state index contributed by atoms with van der Waals surface area (Å²) >= 11 is 0. The Balaban J connectivity index is 1.55. The summed E-state index contributed by atoms with van der Waals surface area (Å²) in [5.74, 6) is 0.732. The molecule has 0 bridgehead atoms. The minimum absolute atomic E-state index is 0.197. The Morgan fingerprint density at radius 3 is 2.74 bits per heavy atom. The van der Waals surface area contributed by atoms with Crippen molar-refractivity contribution in [2.45, 2.75) is 20.4 Å². The van der Waals surface area contributed by atoms with E-state index in [0.717, 1.165) is 27.8 Å². The van der Waals surface area contributed by atoms with Crippen molar-refractivity contribution < 1.29 is 13.7 Å². The number of hydrogen-bond acceptors (Lipinski definition) is 5. The van der Waals surface area contributed by atoms with Gasteiger partial charge in [0.2, 0.25) is 0 Å². The predicted octanol–water partition coefficient (Wildman–Crippen LogP) is 4.37. The van der Waals surface area contributed by atoms with Crippen LogP contribution in [0.3, 0.4) is 0 Å².